The first-order valence-electron chi connectivity index (χ1n) is 9.57. The molecule has 0 saturated carbocycles. The van der Waals surface area contributed by atoms with E-state index in [1.165, 1.54) is 0 Å². The largest absolute Gasteiger partial charge is 0.351 e. The summed E-state index contributed by atoms with van der Waals surface area (Å²) in [5.74, 6) is 0.853. The van der Waals surface area contributed by atoms with Crippen LogP contribution >= 0.6 is 23.8 Å². The molecule has 4 aromatic rings. The van der Waals surface area contributed by atoms with Crippen molar-refractivity contribution in [2.24, 2.45) is 0 Å². The van der Waals surface area contributed by atoms with Gasteiger partial charge in [0.2, 0.25) is 0 Å². The van der Waals surface area contributed by atoms with E-state index in [2.05, 4.69) is 30.8 Å². The highest BCUT2D eigenvalue weighted by Gasteiger charge is 2.42. The number of thiocarbonyl (C=S) groups is 1. The molecule has 1 fully saturated rings. The number of hydrogen-bond acceptors (Lipinski definition) is 3. The van der Waals surface area contributed by atoms with E-state index in [4.69, 9.17) is 23.8 Å². The minimum absolute atomic E-state index is 0.119. The van der Waals surface area contributed by atoms with Gasteiger partial charge in [0.15, 0.2) is 5.11 Å². The fraction of sp³-hybridized carbons (Fsp3) is 0.0870. The summed E-state index contributed by atoms with van der Waals surface area (Å²) in [6.45, 7) is 0. The molecule has 1 saturated heterocycles. The molecule has 1 aliphatic rings. The zero-order valence-corrected chi connectivity index (χ0v) is 17.5. The molecule has 2 atom stereocenters. The van der Waals surface area contributed by atoms with Crippen molar-refractivity contribution in [3.05, 3.63) is 108 Å². The molecule has 7 heteroatoms. The van der Waals surface area contributed by atoms with Gasteiger partial charge in [-0.15, -0.1) is 0 Å². The molecule has 0 amide bonds. The minimum Gasteiger partial charge on any atom is -0.351 e. The lowest BCUT2D eigenvalue weighted by molar-refractivity contribution is 0.548. The SMILES string of the molecule is S=C1NC(c2ccccn2)C(c2cccn2-c2ccccn2)N1c1ccc(Cl)cc1. The van der Waals surface area contributed by atoms with Crippen LogP contribution in [0.1, 0.15) is 23.5 Å². The molecule has 5 nitrogen and oxygen atoms in total. The normalized spacial score (nSPS) is 18.4. The van der Waals surface area contributed by atoms with Crippen LogP contribution in [-0.4, -0.2) is 19.6 Å². The summed E-state index contributed by atoms with van der Waals surface area (Å²) in [6, 6.07) is 23.4. The van der Waals surface area contributed by atoms with Crippen LogP contribution in [0, 0.1) is 0 Å². The van der Waals surface area contributed by atoms with Crippen molar-refractivity contribution in [3.8, 4) is 5.82 Å². The first kappa shape index (κ1) is 18.8. The molecule has 148 valence electrons. The first-order valence-corrected chi connectivity index (χ1v) is 10.4. The lowest BCUT2D eigenvalue weighted by Crippen LogP contribution is -2.30. The van der Waals surface area contributed by atoms with E-state index in [0.717, 1.165) is 22.9 Å². The number of halogens is 1. The highest BCUT2D eigenvalue weighted by atomic mass is 35.5. The van der Waals surface area contributed by atoms with Crippen molar-refractivity contribution >= 4 is 34.6 Å². The highest BCUT2D eigenvalue weighted by molar-refractivity contribution is 7.80. The first-order chi connectivity index (χ1) is 14.7. The van der Waals surface area contributed by atoms with Gasteiger partial charge in [0, 0.05) is 35.0 Å². The van der Waals surface area contributed by atoms with E-state index in [9.17, 15) is 0 Å². The van der Waals surface area contributed by atoms with Crippen LogP contribution in [0.5, 0.6) is 0 Å². The number of hydrogen-bond donors (Lipinski definition) is 1. The standard InChI is InChI=1S/C23H18ClN5S/c24-16-9-11-17(12-10-16)29-22(21(27-23(29)30)18-6-1-3-13-25-18)19-7-5-15-28(19)20-8-2-4-14-26-20/h1-15,21-22H,(H,27,30). The van der Waals surface area contributed by atoms with Crippen molar-refractivity contribution in [2.75, 3.05) is 4.90 Å². The van der Waals surface area contributed by atoms with Crippen LogP contribution in [0.3, 0.4) is 0 Å². The molecule has 5 rings (SSSR count). The van der Waals surface area contributed by atoms with Gasteiger partial charge in [0.1, 0.15) is 11.9 Å². The zero-order chi connectivity index (χ0) is 20.5. The Balaban J connectivity index is 1.67. The highest BCUT2D eigenvalue weighted by Crippen LogP contribution is 2.42. The van der Waals surface area contributed by atoms with Crippen molar-refractivity contribution in [2.45, 2.75) is 12.1 Å². The van der Waals surface area contributed by atoms with Gasteiger partial charge in [-0.3, -0.25) is 4.98 Å². The molecular weight excluding hydrogens is 414 g/mol. The van der Waals surface area contributed by atoms with Crippen LogP contribution in [0.2, 0.25) is 5.02 Å². The smallest absolute Gasteiger partial charge is 0.174 e. The quantitative estimate of drug-likeness (QED) is 0.455. The van der Waals surface area contributed by atoms with Gasteiger partial charge in [0.05, 0.1) is 11.7 Å². The molecule has 4 heterocycles. The van der Waals surface area contributed by atoms with E-state index in [-0.39, 0.29) is 12.1 Å². The summed E-state index contributed by atoms with van der Waals surface area (Å²) >= 11 is 11.9. The zero-order valence-electron chi connectivity index (χ0n) is 15.9. The molecule has 3 aromatic heterocycles. The number of benzene rings is 1. The molecule has 2 unspecified atom stereocenters. The van der Waals surface area contributed by atoms with Crippen LogP contribution in [0.25, 0.3) is 5.82 Å². The summed E-state index contributed by atoms with van der Waals surface area (Å²) in [5, 5.41) is 4.81. The Labute approximate surface area is 185 Å². The Morgan fingerprint density at radius 3 is 2.33 bits per heavy atom. The Morgan fingerprint density at radius 2 is 1.63 bits per heavy atom. The Bertz CT molecular complexity index is 1160. The van der Waals surface area contributed by atoms with Crippen LogP contribution in [0.15, 0.2) is 91.4 Å². The van der Waals surface area contributed by atoms with Gasteiger partial charge >= 0.3 is 0 Å². The third-order valence-electron chi connectivity index (χ3n) is 5.18. The number of pyridine rings is 2. The van der Waals surface area contributed by atoms with Gasteiger partial charge < -0.3 is 14.8 Å². The summed E-state index contributed by atoms with van der Waals surface area (Å²) in [5.41, 5.74) is 2.95. The van der Waals surface area contributed by atoms with E-state index >= 15 is 0 Å². The monoisotopic (exact) mass is 431 g/mol. The van der Waals surface area contributed by atoms with Gasteiger partial charge in [-0.25, -0.2) is 4.98 Å². The predicted octanol–water partition coefficient (Wildman–Crippen LogP) is 5.10. The second-order valence-corrected chi connectivity index (χ2v) is 7.79. The summed E-state index contributed by atoms with van der Waals surface area (Å²) in [4.78, 5) is 11.3. The van der Waals surface area contributed by atoms with Crippen molar-refractivity contribution in [3.63, 3.8) is 0 Å². The number of nitrogens with one attached hydrogen (secondary N) is 1. The molecule has 1 aromatic carbocycles. The molecule has 30 heavy (non-hydrogen) atoms. The summed E-state index contributed by atoms with van der Waals surface area (Å²) in [6.07, 6.45) is 5.62. The topological polar surface area (TPSA) is 46.0 Å². The average Bonchev–Trinajstić information content (AvgIpc) is 3.40. The van der Waals surface area contributed by atoms with Crippen LogP contribution in [-0.2, 0) is 0 Å². The Morgan fingerprint density at radius 1 is 0.867 bits per heavy atom. The molecular formula is C23H18ClN5S. The lowest BCUT2D eigenvalue weighted by Gasteiger charge is -2.28. The van der Waals surface area contributed by atoms with E-state index < -0.39 is 0 Å². The Kier molecular flexibility index (Phi) is 4.94. The van der Waals surface area contributed by atoms with Crippen LogP contribution in [0.4, 0.5) is 5.69 Å². The third kappa shape index (κ3) is 3.34. The van der Waals surface area contributed by atoms with Crippen molar-refractivity contribution < 1.29 is 0 Å². The molecule has 1 aliphatic heterocycles. The predicted molar refractivity (Wildman–Crippen MR) is 123 cm³/mol. The maximum Gasteiger partial charge on any atom is 0.174 e. The maximum absolute atomic E-state index is 6.13. The van der Waals surface area contributed by atoms with E-state index in [1.807, 2.05) is 72.9 Å². The van der Waals surface area contributed by atoms with Gasteiger partial charge in [-0.1, -0.05) is 23.7 Å². The number of anilines is 1. The van der Waals surface area contributed by atoms with Gasteiger partial charge in [0.25, 0.3) is 0 Å². The maximum atomic E-state index is 6.13. The van der Waals surface area contributed by atoms with Gasteiger partial charge in [-0.2, -0.15) is 0 Å². The number of rotatable bonds is 4. The second kappa shape index (κ2) is 7.89. The lowest BCUT2D eigenvalue weighted by atomic mass is 10.0. The number of aromatic nitrogens is 3. The molecule has 1 N–H and O–H groups in total. The summed E-state index contributed by atoms with van der Waals surface area (Å²) < 4.78 is 2.10. The summed E-state index contributed by atoms with van der Waals surface area (Å²) in [7, 11) is 0. The fourth-order valence-corrected chi connectivity index (χ4v) is 4.35. The number of nitrogens with zero attached hydrogens (tertiary/aromatic N) is 4. The molecule has 0 radical (unpaired) electrons. The Hall–Kier alpha value is -3.22. The molecule has 0 aliphatic carbocycles. The van der Waals surface area contributed by atoms with Crippen LogP contribution < -0.4 is 10.2 Å². The molecule has 0 bridgehead atoms. The van der Waals surface area contributed by atoms with E-state index in [1.54, 1.807) is 12.4 Å². The second-order valence-electron chi connectivity index (χ2n) is 6.96. The fourth-order valence-electron chi connectivity index (χ4n) is 3.88. The average molecular weight is 432 g/mol. The minimum atomic E-state index is -0.120. The molecule has 0 spiro atoms. The van der Waals surface area contributed by atoms with Crippen molar-refractivity contribution in [1.29, 1.82) is 0 Å². The van der Waals surface area contributed by atoms with E-state index in [0.29, 0.717) is 10.1 Å². The van der Waals surface area contributed by atoms with Gasteiger partial charge in [-0.05, 0) is 72.9 Å². The third-order valence-corrected chi connectivity index (χ3v) is 5.75. The van der Waals surface area contributed by atoms with Crippen molar-refractivity contribution in [1.82, 2.24) is 19.9 Å².